The highest BCUT2D eigenvalue weighted by Crippen LogP contribution is 2.20. The molecule has 0 spiro atoms. The van der Waals surface area contributed by atoms with Crippen molar-refractivity contribution in [3.8, 4) is 0 Å². The molecule has 4 nitrogen and oxygen atoms in total. The Morgan fingerprint density at radius 2 is 2.10 bits per heavy atom. The van der Waals surface area contributed by atoms with Crippen molar-refractivity contribution in [3.05, 3.63) is 51.7 Å². The highest BCUT2D eigenvalue weighted by molar-refractivity contribution is 7.89. The van der Waals surface area contributed by atoms with Crippen molar-refractivity contribution in [1.29, 1.82) is 0 Å². The van der Waals surface area contributed by atoms with Gasteiger partial charge in [0, 0.05) is 24.0 Å². The van der Waals surface area contributed by atoms with E-state index in [4.69, 9.17) is 0 Å². The van der Waals surface area contributed by atoms with E-state index in [0.29, 0.717) is 11.3 Å². The van der Waals surface area contributed by atoms with E-state index in [2.05, 4.69) is 10.0 Å². The zero-order valence-corrected chi connectivity index (χ0v) is 13.4. The molecule has 3 rings (SSSR count). The van der Waals surface area contributed by atoms with Gasteiger partial charge >= 0.3 is 0 Å². The lowest BCUT2D eigenvalue weighted by Gasteiger charge is -2.14. The van der Waals surface area contributed by atoms with E-state index in [0.717, 1.165) is 18.7 Å². The summed E-state index contributed by atoms with van der Waals surface area (Å²) >= 11 is 1.65. The Hall–Kier alpha value is -1.21. The zero-order valence-electron chi connectivity index (χ0n) is 11.8. The van der Waals surface area contributed by atoms with E-state index in [1.165, 1.54) is 10.4 Å². The van der Waals surface area contributed by atoms with Gasteiger partial charge in [0.2, 0.25) is 10.0 Å². The van der Waals surface area contributed by atoms with E-state index >= 15 is 0 Å². The Morgan fingerprint density at radius 1 is 1.29 bits per heavy atom. The normalized spacial score (nSPS) is 15.9. The van der Waals surface area contributed by atoms with Crippen LogP contribution >= 0.6 is 11.3 Å². The van der Waals surface area contributed by atoms with Crippen molar-refractivity contribution >= 4 is 21.4 Å². The van der Waals surface area contributed by atoms with Crippen LogP contribution in [0.5, 0.6) is 0 Å². The van der Waals surface area contributed by atoms with Crippen LogP contribution in [-0.4, -0.2) is 14.5 Å². The first-order chi connectivity index (χ1) is 10.0. The third-order valence-electron chi connectivity index (χ3n) is 3.56. The van der Waals surface area contributed by atoms with E-state index in [9.17, 15) is 8.42 Å². The van der Waals surface area contributed by atoms with Gasteiger partial charge in [-0.1, -0.05) is 12.1 Å². The molecule has 2 heterocycles. The highest BCUT2D eigenvalue weighted by Gasteiger charge is 2.20. The van der Waals surface area contributed by atoms with Crippen LogP contribution in [0.1, 0.15) is 22.9 Å². The minimum Gasteiger partial charge on any atom is -0.309 e. The third-order valence-corrected chi connectivity index (χ3v) is 6.05. The SMILES string of the molecule is CC(Cc1cccs1)NS(=O)(=O)c1ccc2c(c1)CNC2. The minimum absolute atomic E-state index is 0.125. The molecule has 1 aromatic carbocycles. The van der Waals surface area contributed by atoms with Gasteiger partial charge in [0.1, 0.15) is 0 Å². The van der Waals surface area contributed by atoms with E-state index < -0.39 is 10.0 Å². The van der Waals surface area contributed by atoms with E-state index in [1.54, 1.807) is 23.5 Å². The maximum absolute atomic E-state index is 12.4. The summed E-state index contributed by atoms with van der Waals surface area (Å²) in [5.74, 6) is 0. The fourth-order valence-electron chi connectivity index (χ4n) is 2.54. The summed E-state index contributed by atoms with van der Waals surface area (Å²) in [6.07, 6.45) is 0.712. The second kappa shape index (κ2) is 5.88. The molecular formula is C15H18N2O2S2. The Morgan fingerprint density at radius 3 is 2.86 bits per heavy atom. The van der Waals surface area contributed by atoms with Gasteiger partial charge in [-0.25, -0.2) is 13.1 Å². The average molecular weight is 322 g/mol. The van der Waals surface area contributed by atoms with Gasteiger partial charge in [0.15, 0.2) is 0 Å². The fraction of sp³-hybridized carbons (Fsp3) is 0.333. The van der Waals surface area contributed by atoms with Crippen LogP contribution in [0.3, 0.4) is 0 Å². The summed E-state index contributed by atoms with van der Waals surface area (Å²) in [6, 6.07) is 9.24. The summed E-state index contributed by atoms with van der Waals surface area (Å²) in [5, 5.41) is 5.23. The molecule has 1 aliphatic rings. The molecule has 1 unspecified atom stereocenters. The van der Waals surface area contributed by atoms with Gasteiger partial charge in [-0.05, 0) is 48.1 Å². The number of nitrogens with one attached hydrogen (secondary N) is 2. The van der Waals surface area contributed by atoms with E-state index in [-0.39, 0.29) is 6.04 Å². The van der Waals surface area contributed by atoms with Crippen LogP contribution in [0.4, 0.5) is 0 Å². The number of hydrogen-bond donors (Lipinski definition) is 2. The van der Waals surface area contributed by atoms with Crippen LogP contribution < -0.4 is 10.0 Å². The number of rotatable bonds is 5. The average Bonchev–Trinajstić information content (AvgIpc) is 3.07. The van der Waals surface area contributed by atoms with Crippen molar-refractivity contribution in [2.75, 3.05) is 0 Å². The van der Waals surface area contributed by atoms with Gasteiger partial charge in [-0.2, -0.15) is 0 Å². The number of hydrogen-bond acceptors (Lipinski definition) is 4. The second-order valence-corrected chi connectivity index (χ2v) is 8.09. The van der Waals surface area contributed by atoms with Crippen LogP contribution in [0.2, 0.25) is 0 Å². The highest BCUT2D eigenvalue weighted by atomic mass is 32.2. The monoisotopic (exact) mass is 322 g/mol. The lowest BCUT2D eigenvalue weighted by atomic mass is 10.1. The second-order valence-electron chi connectivity index (χ2n) is 5.34. The van der Waals surface area contributed by atoms with Crippen molar-refractivity contribution < 1.29 is 8.42 Å². The number of thiophene rings is 1. The van der Waals surface area contributed by atoms with E-state index in [1.807, 2.05) is 30.5 Å². The maximum atomic E-state index is 12.4. The van der Waals surface area contributed by atoms with Crippen LogP contribution in [0.25, 0.3) is 0 Å². The molecule has 112 valence electrons. The lowest BCUT2D eigenvalue weighted by molar-refractivity contribution is 0.560. The third kappa shape index (κ3) is 3.35. The smallest absolute Gasteiger partial charge is 0.240 e. The van der Waals surface area contributed by atoms with Gasteiger partial charge in [0.05, 0.1) is 4.90 Å². The van der Waals surface area contributed by atoms with Crippen molar-refractivity contribution in [3.63, 3.8) is 0 Å². The van der Waals surface area contributed by atoms with Crippen molar-refractivity contribution in [1.82, 2.24) is 10.0 Å². The molecule has 6 heteroatoms. The summed E-state index contributed by atoms with van der Waals surface area (Å²) < 4.78 is 27.6. The molecule has 1 aromatic heterocycles. The molecule has 0 aliphatic carbocycles. The standard InChI is InChI=1S/C15H18N2O2S2/c1-11(7-14-3-2-6-20-14)17-21(18,19)15-5-4-12-9-16-10-13(12)8-15/h2-6,8,11,16-17H,7,9-10H2,1H3. The molecule has 2 N–H and O–H groups in total. The Labute approximate surface area is 129 Å². The first-order valence-electron chi connectivity index (χ1n) is 6.92. The molecule has 2 aromatic rings. The number of benzene rings is 1. The predicted molar refractivity (Wildman–Crippen MR) is 84.8 cm³/mol. The van der Waals surface area contributed by atoms with Crippen molar-refractivity contribution in [2.45, 2.75) is 37.4 Å². The minimum atomic E-state index is -3.46. The summed E-state index contributed by atoms with van der Waals surface area (Å²) in [5.41, 5.74) is 2.25. The lowest BCUT2D eigenvalue weighted by Crippen LogP contribution is -2.34. The van der Waals surface area contributed by atoms with Crippen LogP contribution in [-0.2, 0) is 29.5 Å². The van der Waals surface area contributed by atoms with Gasteiger partial charge < -0.3 is 5.32 Å². The first-order valence-corrected chi connectivity index (χ1v) is 9.28. The maximum Gasteiger partial charge on any atom is 0.240 e. The molecule has 0 saturated carbocycles. The molecule has 0 bridgehead atoms. The Balaban J connectivity index is 1.74. The molecule has 21 heavy (non-hydrogen) atoms. The Kier molecular flexibility index (Phi) is 4.12. The van der Waals surface area contributed by atoms with Gasteiger partial charge in [0.25, 0.3) is 0 Å². The molecule has 1 aliphatic heterocycles. The summed E-state index contributed by atoms with van der Waals surface area (Å²) in [4.78, 5) is 1.53. The largest absolute Gasteiger partial charge is 0.309 e. The fourth-order valence-corrected chi connectivity index (χ4v) is 4.67. The predicted octanol–water partition coefficient (Wildman–Crippen LogP) is 2.26. The van der Waals surface area contributed by atoms with Crippen molar-refractivity contribution in [2.24, 2.45) is 0 Å². The molecule has 0 fully saturated rings. The molecule has 0 saturated heterocycles. The first kappa shape index (κ1) is 14.7. The summed E-state index contributed by atoms with van der Waals surface area (Å²) in [6.45, 7) is 3.45. The van der Waals surface area contributed by atoms with Gasteiger partial charge in [-0.15, -0.1) is 11.3 Å². The molecular weight excluding hydrogens is 304 g/mol. The van der Waals surface area contributed by atoms with Gasteiger partial charge in [-0.3, -0.25) is 0 Å². The summed E-state index contributed by atoms with van der Waals surface area (Å²) in [7, 11) is -3.46. The molecule has 0 radical (unpaired) electrons. The zero-order chi connectivity index (χ0) is 14.9. The topological polar surface area (TPSA) is 58.2 Å². The van der Waals surface area contributed by atoms with Crippen LogP contribution in [0.15, 0.2) is 40.6 Å². The molecule has 0 amide bonds. The quantitative estimate of drug-likeness (QED) is 0.888. The number of fused-ring (bicyclic) bond motifs is 1. The number of sulfonamides is 1. The molecule has 1 atom stereocenters. The van der Waals surface area contributed by atoms with Crippen LogP contribution in [0, 0.1) is 0 Å². The Bertz CT molecular complexity index is 724.